The number of thiophene rings is 1. The van der Waals surface area contributed by atoms with Crippen molar-refractivity contribution < 1.29 is 14.3 Å². The molecule has 2 heterocycles. The van der Waals surface area contributed by atoms with Crippen LogP contribution in [0.4, 0.5) is 0 Å². The number of aryl methyl sites for hydroxylation is 1. The Morgan fingerprint density at radius 3 is 2.72 bits per heavy atom. The molecule has 0 spiro atoms. The van der Waals surface area contributed by atoms with E-state index < -0.39 is 0 Å². The second-order valence-corrected chi connectivity index (χ2v) is 8.63. The van der Waals surface area contributed by atoms with Crippen molar-refractivity contribution in [3.8, 4) is 11.4 Å². The van der Waals surface area contributed by atoms with E-state index in [0.29, 0.717) is 9.90 Å². The van der Waals surface area contributed by atoms with Crippen LogP contribution in [0.25, 0.3) is 15.9 Å². The lowest BCUT2D eigenvalue weighted by atomic mass is 10.3. The molecule has 0 N–H and O–H groups in total. The highest BCUT2D eigenvalue weighted by atomic mass is 79.9. The molecule has 148 valence electrons. The summed E-state index contributed by atoms with van der Waals surface area (Å²) in [6.07, 6.45) is 0. The number of ether oxygens (including phenoxy) is 2. The Hall–Kier alpha value is -2.35. The number of hydrogen-bond acceptors (Lipinski definition) is 5. The predicted octanol–water partition coefficient (Wildman–Crippen LogP) is 6.05. The van der Waals surface area contributed by atoms with Gasteiger partial charge in [-0.05, 0) is 55.5 Å². The smallest absolute Gasteiger partial charge is 0.348 e. The summed E-state index contributed by atoms with van der Waals surface area (Å²) >= 11 is 10.7. The van der Waals surface area contributed by atoms with E-state index >= 15 is 0 Å². The number of carbonyl (C=O) groups is 1. The van der Waals surface area contributed by atoms with Gasteiger partial charge in [-0.1, -0.05) is 33.6 Å². The zero-order valence-corrected chi connectivity index (χ0v) is 18.6. The van der Waals surface area contributed by atoms with Gasteiger partial charge in [-0.2, -0.15) is 5.10 Å². The Bertz CT molecular complexity index is 1170. The van der Waals surface area contributed by atoms with Gasteiger partial charge in [0.25, 0.3) is 0 Å². The quantitative estimate of drug-likeness (QED) is 0.243. The molecule has 0 atom stereocenters. The molecular weight excluding hydrogens is 476 g/mol. The number of hydrogen-bond donors (Lipinski definition) is 0. The first-order valence-corrected chi connectivity index (χ1v) is 10.8. The molecule has 0 unspecified atom stereocenters. The van der Waals surface area contributed by atoms with E-state index in [1.54, 1.807) is 0 Å². The van der Waals surface area contributed by atoms with Gasteiger partial charge in [0.1, 0.15) is 28.7 Å². The van der Waals surface area contributed by atoms with Crippen LogP contribution >= 0.6 is 38.9 Å². The summed E-state index contributed by atoms with van der Waals surface area (Å²) in [7, 11) is 0. The minimum atomic E-state index is -0.369. The molecular formula is C21H16BrClN2O3S. The van der Waals surface area contributed by atoms with Crippen LogP contribution in [0.3, 0.4) is 0 Å². The number of esters is 1. The van der Waals surface area contributed by atoms with Crippen LogP contribution in [-0.2, 0) is 4.74 Å². The summed E-state index contributed by atoms with van der Waals surface area (Å²) in [5.41, 5.74) is 1.74. The second-order valence-electron chi connectivity index (χ2n) is 6.24. The molecule has 0 aliphatic heterocycles. The molecule has 0 aliphatic rings. The van der Waals surface area contributed by atoms with E-state index in [0.717, 1.165) is 31.8 Å². The number of halogens is 2. The average Bonchev–Trinajstić information content (AvgIpc) is 3.27. The molecule has 8 heteroatoms. The van der Waals surface area contributed by atoms with Gasteiger partial charge in [-0.25, -0.2) is 9.48 Å². The molecule has 0 fully saturated rings. The lowest BCUT2D eigenvalue weighted by molar-refractivity contribution is 0.0456. The Balaban J connectivity index is 1.44. The highest BCUT2D eigenvalue weighted by Gasteiger charge is 2.18. The van der Waals surface area contributed by atoms with Gasteiger partial charge in [-0.3, -0.25) is 0 Å². The molecule has 0 amide bonds. The lowest BCUT2D eigenvalue weighted by Gasteiger charge is -2.07. The van der Waals surface area contributed by atoms with Crippen molar-refractivity contribution in [2.75, 3.05) is 13.2 Å². The minimum absolute atomic E-state index is 0.169. The largest absolute Gasteiger partial charge is 0.490 e. The highest BCUT2D eigenvalue weighted by Crippen LogP contribution is 2.31. The number of aromatic nitrogens is 2. The number of nitrogens with zero attached hydrogens (tertiary/aromatic N) is 2. The van der Waals surface area contributed by atoms with E-state index in [9.17, 15) is 4.79 Å². The SMILES string of the molecule is Cc1nn(-c2ccc(Cl)cc2)c2sc(C(=O)OCCOc3cccc(Br)c3)cc12. The summed E-state index contributed by atoms with van der Waals surface area (Å²) in [5, 5.41) is 6.17. The lowest BCUT2D eigenvalue weighted by Crippen LogP contribution is -2.11. The van der Waals surface area contributed by atoms with Crippen molar-refractivity contribution in [2.24, 2.45) is 0 Å². The fourth-order valence-corrected chi connectivity index (χ4v) is 4.41. The van der Waals surface area contributed by atoms with E-state index in [-0.39, 0.29) is 19.2 Å². The molecule has 4 rings (SSSR count). The fraction of sp³-hybridized carbons (Fsp3) is 0.143. The van der Waals surface area contributed by atoms with Gasteiger partial charge < -0.3 is 9.47 Å². The predicted molar refractivity (Wildman–Crippen MR) is 119 cm³/mol. The summed E-state index contributed by atoms with van der Waals surface area (Å²) in [6, 6.07) is 16.8. The first kappa shape index (κ1) is 19.9. The van der Waals surface area contributed by atoms with Crippen molar-refractivity contribution >= 4 is 55.1 Å². The van der Waals surface area contributed by atoms with E-state index in [4.69, 9.17) is 21.1 Å². The van der Waals surface area contributed by atoms with Crippen LogP contribution in [0.5, 0.6) is 5.75 Å². The summed E-state index contributed by atoms with van der Waals surface area (Å²) in [6.45, 7) is 2.37. The van der Waals surface area contributed by atoms with Crippen molar-refractivity contribution in [1.82, 2.24) is 9.78 Å². The molecule has 2 aromatic heterocycles. The molecule has 2 aromatic carbocycles. The maximum absolute atomic E-state index is 12.5. The number of fused-ring (bicyclic) bond motifs is 1. The van der Waals surface area contributed by atoms with Crippen LogP contribution in [0.1, 0.15) is 15.4 Å². The Morgan fingerprint density at radius 2 is 1.97 bits per heavy atom. The van der Waals surface area contributed by atoms with E-state index in [2.05, 4.69) is 21.0 Å². The molecule has 29 heavy (non-hydrogen) atoms. The zero-order valence-electron chi connectivity index (χ0n) is 15.4. The molecule has 0 saturated heterocycles. The highest BCUT2D eigenvalue weighted by molar-refractivity contribution is 9.10. The van der Waals surface area contributed by atoms with Gasteiger partial charge in [0.05, 0.1) is 11.4 Å². The third-order valence-electron chi connectivity index (χ3n) is 4.20. The molecule has 0 aliphatic carbocycles. The van der Waals surface area contributed by atoms with E-state index in [1.165, 1.54) is 11.3 Å². The fourth-order valence-electron chi connectivity index (χ4n) is 2.83. The minimum Gasteiger partial charge on any atom is -0.490 e. The Morgan fingerprint density at radius 1 is 1.17 bits per heavy atom. The standard InChI is InChI=1S/C21H16BrClN2O3S/c1-13-18-12-19(21(26)28-10-9-27-17-4-2-3-14(22)11-17)29-20(18)25(24-13)16-7-5-15(23)6-8-16/h2-8,11-12H,9-10H2,1H3. The Labute approximate surface area is 184 Å². The van der Waals surface area contributed by atoms with E-state index in [1.807, 2.05) is 66.2 Å². The van der Waals surface area contributed by atoms with Crippen LogP contribution in [0.2, 0.25) is 5.02 Å². The molecule has 0 saturated carbocycles. The van der Waals surface area contributed by atoms with Crippen LogP contribution in [0, 0.1) is 6.92 Å². The number of benzene rings is 2. The van der Waals surface area contributed by atoms with Gasteiger partial charge in [0.2, 0.25) is 0 Å². The maximum atomic E-state index is 12.5. The number of carbonyl (C=O) groups excluding carboxylic acids is 1. The van der Waals surface area contributed by atoms with Crippen molar-refractivity contribution in [1.29, 1.82) is 0 Å². The van der Waals surface area contributed by atoms with Crippen LogP contribution in [0.15, 0.2) is 59.1 Å². The third-order valence-corrected chi connectivity index (χ3v) is 6.03. The first-order chi connectivity index (χ1) is 14.0. The molecule has 4 aromatic rings. The molecule has 5 nitrogen and oxygen atoms in total. The summed E-state index contributed by atoms with van der Waals surface area (Å²) < 4.78 is 13.7. The van der Waals surface area contributed by atoms with Crippen molar-refractivity contribution in [2.45, 2.75) is 6.92 Å². The number of rotatable bonds is 6. The monoisotopic (exact) mass is 490 g/mol. The normalized spacial score (nSPS) is 11.0. The van der Waals surface area contributed by atoms with Crippen molar-refractivity contribution in [3.63, 3.8) is 0 Å². The van der Waals surface area contributed by atoms with Gasteiger partial charge in [0.15, 0.2) is 0 Å². The average molecular weight is 492 g/mol. The third kappa shape index (κ3) is 4.47. The molecule has 0 bridgehead atoms. The first-order valence-electron chi connectivity index (χ1n) is 8.82. The second kappa shape index (κ2) is 8.57. The van der Waals surface area contributed by atoms with Gasteiger partial charge >= 0.3 is 5.97 Å². The van der Waals surface area contributed by atoms with Crippen LogP contribution in [-0.4, -0.2) is 29.0 Å². The van der Waals surface area contributed by atoms with Gasteiger partial charge in [-0.15, -0.1) is 11.3 Å². The van der Waals surface area contributed by atoms with Crippen LogP contribution < -0.4 is 4.74 Å². The summed E-state index contributed by atoms with van der Waals surface area (Å²) in [5.74, 6) is 0.349. The topological polar surface area (TPSA) is 53.4 Å². The Kier molecular flexibility index (Phi) is 5.89. The molecule has 0 radical (unpaired) electrons. The maximum Gasteiger partial charge on any atom is 0.348 e. The summed E-state index contributed by atoms with van der Waals surface area (Å²) in [4.78, 5) is 13.9. The van der Waals surface area contributed by atoms with Crippen molar-refractivity contribution in [3.05, 3.63) is 74.7 Å². The van der Waals surface area contributed by atoms with Gasteiger partial charge in [0, 0.05) is 14.9 Å². The zero-order chi connectivity index (χ0) is 20.4.